The van der Waals surface area contributed by atoms with Crippen molar-refractivity contribution in [3.05, 3.63) is 99.9 Å². The molecule has 0 bridgehead atoms. The normalized spacial score (nSPS) is 10.7. The highest BCUT2D eigenvalue weighted by molar-refractivity contribution is 6.31. The number of hydrogen-bond donors (Lipinski definition) is 1. The molecule has 0 saturated carbocycles. The van der Waals surface area contributed by atoms with Crippen LogP contribution in [0.4, 0.5) is 5.69 Å². The first kappa shape index (κ1) is 17.0. The molecule has 27 heavy (non-hydrogen) atoms. The van der Waals surface area contributed by atoms with Crippen molar-refractivity contribution in [1.82, 2.24) is 9.78 Å². The maximum absolute atomic E-state index is 12.9. The molecule has 0 atom stereocenters. The van der Waals surface area contributed by atoms with Crippen LogP contribution >= 0.6 is 11.6 Å². The molecule has 1 amide bonds. The van der Waals surface area contributed by atoms with Crippen LogP contribution in [0, 0.1) is 0 Å². The van der Waals surface area contributed by atoms with Gasteiger partial charge in [-0.1, -0.05) is 54.1 Å². The van der Waals surface area contributed by atoms with Gasteiger partial charge in [0.2, 0.25) is 0 Å². The Kier molecular flexibility index (Phi) is 4.44. The summed E-state index contributed by atoms with van der Waals surface area (Å²) in [5, 5.41) is 8.57. The molecule has 3 aromatic carbocycles. The summed E-state index contributed by atoms with van der Waals surface area (Å²) in [4.78, 5) is 25.8. The van der Waals surface area contributed by atoms with Crippen molar-refractivity contribution < 1.29 is 4.79 Å². The van der Waals surface area contributed by atoms with Crippen LogP contribution in [-0.4, -0.2) is 15.7 Å². The van der Waals surface area contributed by atoms with Crippen molar-refractivity contribution >= 4 is 34.0 Å². The number of rotatable bonds is 3. The second-order valence-electron chi connectivity index (χ2n) is 5.91. The Morgan fingerprint density at radius 2 is 1.59 bits per heavy atom. The van der Waals surface area contributed by atoms with Crippen LogP contribution in [0.5, 0.6) is 0 Å². The van der Waals surface area contributed by atoms with E-state index in [2.05, 4.69) is 10.4 Å². The van der Waals surface area contributed by atoms with Crippen molar-refractivity contribution in [1.29, 1.82) is 0 Å². The van der Waals surface area contributed by atoms with E-state index in [1.165, 1.54) is 4.68 Å². The molecule has 1 heterocycles. The number of fused-ring (bicyclic) bond motifs is 1. The van der Waals surface area contributed by atoms with E-state index in [-0.39, 0.29) is 11.3 Å². The molecule has 0 saturated heterocycles. The van der Waals surface area contributed by atoms with Crippen molar-refractivity contribution in [2.45, 2.75) is 0 Å². The van der Waals surface area contributed by atoms with Crippen LogP contribution in [0.2, 0.25) is 5.02 Å². The van der Waals surface area contributed by atoms with E-state index in [0.29, 0.717) is 27.2 Å². The quantitative estimate of drug-likeness (QED) is 0.581. The van der Waals surface area contributed by atoms with E-state index in [9.17, 15) is 9.59 Å². The van der Waals surface area contributed by atoms with Gasteiger partial charge in [-0.25, -0.2) is 0 Å². The van der Waals surface area contributed by atoms with E-state index in [1.54, 1.807) is 60.7 Å². The van der Waals surface area contributed by atoms with E-state index >= 15 is 0 Å². The third kappa shape index (κ3) is 3.32. The maximum Gasteiger partial charge on any atom is 0.279 e. The van der Waals surface area contributed by atoms with E-state index in [0.717, 1.165) is 0 Å². The highest BCUT2D eigenvalue weighted by Crippen LogP contribution is 2.19. The number of halogens is 1. The lowest BCUT2D eigenvalue weighted by molar-refractivity contribution is 0.102. The van der Waals surface area contributed by atoms with Gasteiger partial charge >= 0.3 is 0 Å². The molecule has 0 spiro atoms. The summed E-state index contributed by atoms with van der Waals surface area (Å²) in [6.45, 7) is 0. The molecule has 0 aliphatic rings. The van der Waals surface area contributed by atoms with Crippen LogP contribution < -0.4 is 10.9 Å². The molecule has 0 radical (unpaired) electrons. The van der Waals surface area contributed by atoms with Gasteiger partial charge < -0.3 is 5.32 Å². The Hall–Kier alpha value is -3.44. The summed E-state index contributed by atoms with van der Waals surface area (Å²) in [5.74, 6) is -0.418. The molecule has 6 heteroatoms. The van der Waals surface area contributed by atoms with Crippen LogP contribution in [0.3, 0.4) is 0 Å². The van der Waals surface area contributed by atoms with Crippen LogP contribution in [0.25, 0.3) is 16.5 Å². The van der Waals surface area contributed by atoms with Gasteiger partial charge in [-0.05, 0) is 36.4 Å². The fourth-order valence-corrected chi connectivity index (χ4v) is 3.05. The van der Waals surface area contributed by atoms with E-state index in [1.807, 2.05) is 18.2 Å². The van der Waals surface area contributed by atoms with Gasteiger partial charge in [0.1, 0.15) is 0 Å². The molecule has 0 unspecified atom stereocenters. The molecule has 4 aromatic rings. The number of para-hydroxylation sites is 1. The van der Waals surface area contributed by atoms with Gasteiger partial charge in [0.15, 0.2) is 5.69 Å². The summed E-state index contributed by atoms with van der Waals surface area (Å²) >= 11 is 5.98. The second kappa shape index (κ2) is 7.05. The molecule has 132 valence electrons. The van der Waals surface area contributed by atoms with Gasteiger partial charge in [-0.3, -0.25) is 9.59 Å². The number of nitrogens with one attached hydrogen (secondary N) is 1. The number of benzene rings is 3. The zero-order valence-corrected chi connectivity index (χ0v) is 14.9. The molecule has 0 aliphatic carbocycles. The number of hydrogen-bond acceptors (Lipinski definition) is 3. The lowest BCUT2D eigenvalue weighted by Crippen LogP contribution is -2.26. The van der Waals surface area contributed by atoms with Gasteiger partial charge in [-0.15, -0.1) is 0 Å². The summed E-state index contributed by atoms with van der Waals surface area (Å²) in [7, 11) is 0. The number of nitrogens with zero attached hydrogens (tertiary/aromatic N) is 2. The first-order valence-electron chi connectivity index (χ1n) is 8.28. The minimum atomic E-state index is -0.418. The number of amides is 1. The largest absolute Gasteiger partial charge is 0.321 e. The first-order valence-corrected chi connectivity index (χ1v) is 8.66. The maximum atomic E-state index is 12.9. The average Bonchev–Trinajstić information content (AvgIpc) is 2.69. The van der Waals surface area contributed by atoms with Crippen molar-refractivity contribution in [3.8, 4) is 5.69 Å². The lowest BCUT2D eigenvalue weighted by Gasteiger charge is -2.11. The number of carbonyl (C=O) groups is 1. The topological polar surface area (TPSA) is 64.0 Å². The molecule has 0 aliphatic heterocycles. The summed E-state index contributed by atoms with van der Waals surface area (Å²) in [5.41, 5.74) is 1.02. The molecule has 1 N–H and O–H groups in total. The fourth-order valence-electron chi connectivity index (χ4n) is 2.86. The predicted octanol–water partition coefficient (Wildman–Crippen LogP) is 4.29. The Morgan fingerprint density at radius 3 is 2.33 bits per heavy atom. The van der Waals surface area contributed by atoms with Gasteiger partial charge in [0, 0.05) is 16.1 Å². The molecule has 1 aromatic heterocycles. The van der Waals surface area contributed by atoms with Gasteiger partial charge in [-0.2, -0.15) is 9.78 Å². The van der Waals surface area contributed by atoms with Crippen molar-refractivity contribution in [2.75, 3.05) is 5.32 Å². The van der Waals surface area contributed by atoms with Crippen LogP contribution in [0.15, 0.2) is 83.7 Å². The smallest absolute Gasteiger partial charge is 0.279 e. The van der Waals surface area contributed by atoms with E-state index in [4.69, 9.17) is 11.6 Å². The minimum absolute atomic E-state index is 0.161. The van der Waals surface area contributed by atoms with Gasteiger partial charge in [0.05, 0.1) is 11.1 Å². The molecule has 4 rings (SSSR count). The van der Waals surface area contributed by atoms with Crippen LogP contribution in [0.1, 0.15) is 10.5 Å². The van der Waals surface area contributed by atoms with Crippen LogP contribution in [-0.2, 0) is 0 Å². The monoisotopic (exact) mass is 375 g/mol. The third-order valence-electron chi connectivity index (χ3n) is 4.10. The van der Waals surface area contributed by atoms with Crippen molar-refractivity contribution in [3.63, 3.8) is 0 Å². The highest BCUT2D eigenvalue weighted by Gasteiger charge is 2.17. The van der Waals surface area contributed by atoms with Gasteiger partial charge in [0.25, 0.3) is 11.5 Å². The Labute approximate surface area is 159 Å². The average molecular weight is 376 g/mol. The predicted molar refractivity (Wildman–Crippen MR) is 107 cm³/mol. The molecular formula is C21H14ClN3O2. The lowest BCUT2D eigenvalue weighted by atomic mass is 10.1. The Bertz CT molecular complexity index is 1200. The van der Waals surface area contributed by atoms with E-state index < -0.39 is 5.91 Å². The summed E-state index contributed by atoms with van der Waals surface area (Å²) in [6.07, 6.45) is 0. The molecular weight excluding hydrogens is 362 g/mol. The fraction of sp³-hybridized carbons (Fsp3) is 0. The Balaban J connectivity index is 1.88. The standard InChI is InChI=1S/C21H14ClN3O2/c22-14-7-6-8-15(13-14)23-20(26)19-17-11-4-5-12-18(17)21(27)25(24-19)16-9-2-1-3-10-16/h1-13H,(H,23,26). The third-order valence-corrected chi connectivity index (χ3v) is 4.34. The second-order valence-corrected chi connectivity index (χ2v) is 6.35. The number of aromatic nitrogens is 2. The SMILES string of the molecule is O=C(Nc1cccc(Cl)c1)c1nn(-c2ccccc2)c(=O)c2ccccc12. The zero-order chi connectivity index (χ0) is 18.8. The zero-order valence-electron chi connectivity index (χ0n) is 14.1. The first-order chi connectivity index (χ1) is 13.1. The minimum Gasteiger partial charge on any atom is -0.321 e. The Morgan fingerprint density at radius 1 is 0.889 bits per heavy atom. The van der Waals surface area contributed by atoms with Crippen molar-refractivity contribution in [2.24, 2.45) is 0 Å². The molecule has 5 nitrogen and oxygen atoms in total. The molecule has 0 fully saturated rings. The highest BCUT2D eigenvalue weighted by atomic mass is 35.5. The summed E-state index contributed by atoms with van der Waals surface area (Å²) in [6, 6.07) is 22.8. The summed E-state index contributed by atoms with van der Waals surface area (Å²) < 4.78 is 1.25. The number of carbonyl (C=O) groups excluding carboxylic acids is 1. The number of anilines is 1.